The normalized spacial score (nSPS) is 15.6. The molecule has 1 aliphatic rings. The van der Waals surface area contributed by atoms with E-state index >= 15 is 0 Å². The molecule has 130 valence electrons. The Morgan fingerprint density at radius 2 is 1.72 bits per heavy atom. The predicted octanol–water partition coefficient (Wildman–Crippen LogP) is 5.90. The van der Waals surface area contributed by atoms with Crippen LogP contribution >= 0.6 is 0 Å². The smallest absolute Gasteiger partial charge is 0.137 e. The van der Waals surface area contributed by atoms with Gasteiger partial charge >= 0.3 is 0 Å². The van der Waals surface area contributed by atoms with Gasteiger partial charge in [-0.1, -0.05) is 19.3 Å². The topological polar surface area (TPSA) is 37.9 Å². The number of rotatable bonds is 3. The third kappa shape index (κ3) is 2.92. The molecule has 0 amide bonds. The summed E-state index contributed by atoms with van der Waals surface area (Å²) >= 11 is 0. The van der Waals surface area contributed by atoms with Crippen molar-refractivity contribution >= 4 is 11.0 Å². The molecule has 3 aromatic rings. The molecule has 4 rings (SSSR count). The van der Waals surface area contributed by atoms with Crippen LogP contribution in [0.1, 0.15) is 54.7 Å². The number of methoxy groups -OCH3 is 1. The maximum Gasteiger partial charge on any atom is 0.137 e. The monoisotopic (exact) mass is 334 g/mol. The van der Waals surface area contributed by atoms with Crippen LogP contribution in [0.5, 0.6) is 5.75 Å². The van der Waals surface area contributed by atoms with E-state index in [1.807, 2.05) is 6.20 Å². The van der Waals surface area contributed by atoms with E-state index in [0.29, 0.717) is 5.92 Å². The summed E-state index contributed by atoms with van der Waals surface area (Å²) in [6, 6.07) is 6.70. The van der Waals surface area contributed by atoms with E-state index < -0.39 is 0 Å². The summed E-state index contributed by atoms with van der Waals surface area (Å²) in [7, 11) is 1.73. The molecule has 1 saturated carbocycles. The van der Waals surface area contributed by atoms with Crippen LogP contribution in [0.4, 0.5) is 0 Å². The zero-order valence-electron chi connectivity index (χ0n) is 15.4. The van der Waals surface area contributed by atoms with Crippen LogP contribution in [0.3, 0.4) is 0 Å². The molecule has 2 heterocycles. The van der Waals surface area contributed by atoms with E-state index in [4.69, 9.17) is 4.74 Å². The SMILES string of the molecule is COc1c(C)cc(-c2cnc3[nH]cc(C4CCCCC4)c3c2)cc1C. The first-order chi connectivity index (χ1) is 12.2. The van der Waals surface area contributed by atoms with E-state index in [2.05, 4.69) is 48.2 Å². The average molecular weight is 334 g/mol. The predicted molar refractivity (Wildman–Crippen MR) is 103 cm³/mol. The van der Waals surface area contributed by atoms with Crippen LogP contribution in [0.2, 0.25) is 0 Å². The minimum absolute atomic E-state index is 0.680. The van der Waals surface area contributed by atoms with Crippen LogP contribution in [0.15, 0.2) is 30.6 Å². The van der Waals surface area contributed by atoms with Crippen LogP contribution in [0, 0.1) is 13.8 Å². The van der Waals surface area contributed by atoms with Crippen molar-refractivity contribution in [3.63, 3.8) is 0 Å². The van der Waals surface area contributed by atoms with Gasteiger partial charge in [-0.05, 0) is 73.1 Å². The molecule has 0 saturated heterocycles. The number of aryl methyl sites for hydroxylation is 2. The maximum absolute atomic E-state index is 5.50. The fourth-order valence-electron chi connectivity index (χ4n) is 4.37. The van der Waals surface area contributed by atoms with E-state index in [1.54, 1.807) is 7.11 Å². The van der Waals surface area contributed by atoms with Gasteiger partial charge in [0.25, 0.3) is 0 Å². The number of aromatic amines is 1. The highest BCUT2D eigenvalue weighted by molar-refractivity contribution is 5.85. The number of hydrogen-bond acceptors (Lipinski definition) is 2. The molecule has 0 atom stereocenters. The van der Waals surface area contributed by atoms with E-state index in [-0.39, 0.29) is 0 Å². The van der Waals surface area contributed by atoms with Crippen molar-refractivity contribution in [2.45, 2.75) is 51.9 Å². The van der Waals surface area contributed by atoms with Crippen molar-refractivity contribution in [3.8, 4) is 16.9 Å². The Balaban J connectivity index is 1.78. The van der Waals surface area contributed by atoms with Gasteiger partial charge < -0.3 is 9.72 Å². The Bertz CT molecular complexity index is 881. The first-order valence-corrected chi connectivity index (χ1v) is 9.30. The Labute approximate surface area is 149 Å². The third-order valence-corrected chi connectivity index (χ3v) is 5.61. The number of ether oxygens (including phenoxy) is 1. The fourth-order valence-corrected chi connectivity index (χ4v) is 4.37. The fraction of sp³-hybridized carbons (Fsp3) is 0.409. The van der Waals surface area contributed by atoms with Crippen LogP contribution in [-0.2, 0) is 0 Å². The lowest BCUT2D eigenvalue weighted by atomic mass is 9.84. The molecular formula is C22H26N2O. The standard InChI is InChI=1S/C22H26N2O/c1-14-9-17(10-15(2)21(14)25-3)18-11-19-20(13-24-22(19)23-12-18)16-7-5-4-6-8-16/h9-13,16H,4-8H2,1-3H3,(H,23,24). The molecular weight excluding hydrogens is 308 g/mol. The van der Waals surface area contributed by atoms with E-state index in [1.165, 1.54) is 65.3 Å². The van der Waals surface area contributed by atoms with Gasteiger partial charge in [-0.25, -0.2) is 4.98 Å². The second-order valence-electron chi connectivity index (χ2n) is 7.34. The van der Waals surface area contributed by atoms with Gasteiger partial charge in [0.05, 0.1) is 7.11 Å². The Morgan fingerprint density at radius 3 is 2.40 bits per heavy atom. The summed E-state index contributed by atoms with van der Waals surface area (Å²) in [6.45, 7) is 4.20. The van der Waals surface area contributed by atoms with Crippen LogP contribution in [-0.4, -0.2) is 17.1 Å². The highest BCUT2D eigenvalue weighted by atomic mass is 16.5. The van der Waals surface area contributed by atoms with Gasteiger partial charge in [0.15, 0.2) is 0 Å². The van der Waals surface area contributed by atoms with Gasteiger partial charge in [-0.2, -0.15) is 0 Å². The molecule has 0 spiro atoms. The van der Waals surface area contributed by atoms with Gasteiger partial charge in [0.2, 0.25) is 0 Å². The van der Waals surface area contributed by atoms with Crippen molar-refractivity contribution < 1.29 is 4.74 Å². The molecule has 25 heavy (non-hydrogen) atoms. The summed E-state index contributed by atoms with van der Waals surface area (Å²) in [4.78, 5) is 8.06. The first-order valence-electron chi connectivity index (χ1n) is 9.30. The lowest BCUT2D eigenvalue weighted by molar-refractivity contribution is 0.408. The third-order valence-electron chi connectivity index (χ3n) is 5.61. The van der Waals surface area contributed by atoms with Crippen molar-refractivity contribution in [2.75, 3.05) is 7.11 Å². The zero-order valence-corrected chi connectivity index (χ0v) is 15.4. The van der Waals surface area contributed by atoms with Gasteiger partial charge in [-0.15, -0.1) is 0 Å². The molecule has 1 aromatic carbocycles. The number of nitrogens with zero attached hydrogens (tertiary/aromatic N) is 1. The summed E-state index contributed by atoms with van der Waals surface area (Å²) in [5, 5.41) is 1.29. The van der Waals surface area contributed by atoms with Crippen LogP contribution in [0.25, 0.3) is 22.2 Å². The van der Waals surface area contributed by atoms with Crippen molar-refractivity contribution in [3.05, 3.63) is 47.3 Å². The molecule has 0 bridgehead atoms. The molecule has 0 radical (unpaired) electrons. The second kappa shape index (κ2) is 6.55. The number of aromatic nitrogens is 2. The molecule has 0 aliphatic heterocycles. The highest BCUT2D eigenvalue weighted by Crippen LogP contribution is 2.37. The Morgan fingerprint density at radius 1 is 1.00 bits per heavy atom. The summed E-state index contributed by atoms with van der Waals surface area (Å²) in [5.74, 6) is 1.65. The molecule has 3 nitrogen and oxygen atoms in total. The summed E-state index contributed by atoms with van der Waals surface area (Å²) in [5.41, 5.74) is 7.18. The average Bonchev–Trinajstić information content (AvgIpc) is 3.05. The zero-order chi connectivity index (χ0) is 17.4. The lowest BCUT2D eigenvalue weighted by Crippen LogP contribution is -2.03. The number of benzene rings is 1. The Kier molecular flexibility index (Phi) is 4.24. The number of hydrogen-bond donors (Lipinski definition) is 1. The maximum atomic E-state index is 5.50. The van der Waals surface area contributed by atoms with E-state index in [9.17, 15) is 0 Å². The Hall–Kier alpha value is -2.29. The quantitative estimate of drug-likeness (QED) is 0.647. The summed E-state index contributed by atoms with van der Waals surface area (Å²) < 4.78 is 5.50. The highest BCUT2D eigenvalue weighted by Gasteiger charge is 2.19. The molecule has 1 fully saturated rings. The number of pyridine rings is 1. The van der Waals surface area contributed by atoms with Gasteiger partial charge in [-0.3, -0.25) is 0 Å². The van der Waals surface area contributed by atoms with Crippen molar-refractivity contribution in [1.82, 2.24) is 9.97 Å². The molecule has 2 aromatic heterocycles. The molecule has 0 unspecified atom stereocenters. The number of fused-ring (bicyclic) bond motifs is 1. The molecule has 1 N–H and O–H groups in total. The number of H-pyrrole nitrogens is 1. The number of nitrogens with one attached hydrogen (secondary N) is 1. The summed E-state index contributed by atoms with van der Waals surface area (Å²) in [6.07, 6.45) is 10.8. The van der Waals surface area contributed by atoms with Crippen LogP contribution < -0.4 is 4.74 Å². The lowest BCUT2D eigenvalue weighted by Gasteiger charge is -2.21. The van der Waals surface area contributed by atoms with Gasteiger partial charge in [0, 0.05) is 23.3 Å². The molecule has 1 aliphatic carbocycles. The first kappa shape index (κ1) is 16.2. The second-order valence-corrected chi connectivity index (χ2v) is 7.34. The molecule has 3 heteroatoms. The van der Waals surface area contributed by atoms with Gasteiger partial charge in [0.1, 0.15) is 11.4 Å². The minimum Gasteiger partial charge on any atom is -0.496 e. The van der Waals surface area contributed by atoms with E-state index in [0.717, 1.165) is 11.4 Å². The van der Waals surface area contributed by atoms with Crippen molar-refractivity contribution in [2.24, 2.45) is 0 Å². The van der Waals surface area contributed by atoms with Crippen molar-refractivity contribution in [1.29, 1.82) is 0 Å². The minimum atomic E-state index is 0.680. The largest absolute Gasteiger partial charge is 0.496 e.